The number of carboxylic acids is 1. The number of hydrogen-bond donors (Lipinski definition) is 2. The van der Waals surface area contributed by atoms with Gasteiger partial charge < -0.3 is 10.4 Å². The average molecular weight is 264 g/mol. The van der Waals surface area contributed by atoms with Crippen LogP contribution >= 0.6 is 0 Å². The number of carboxylic acid groups (broad SMARTS) is 1. The van der Waals surface area contributed by atoms with Crippen molar-refractivity contribution in [1.82, 2.24) is 4.98 Å². The van der Waals surface area contributed by atoms with E-state index in [4.69, 9.17) is 5.11 Å². The van der Waals surface area contributed by atoms with Crippen LogP contribution in [0, 0.1) is 5.92 Å². The first-order valence-electron chi connectivity index (χ1n) is 6.87. The lowest BCUT2D eigenvalue weighted by Gasteiger charge is -2.21. The molecule has 0 spiro atoms. The first-order chi connectivity index (χ1) is 8.85. The lowest BCUT2D eigenvalue weighted by atomic mass is 10.0. The van der Waals surface area contributed by atoms with Crippen molar-refractivity contribution in [2.45, 2.75) is 53.0 Å². The van der Waals surface area contributed by atoms with Gasteiger partial charge in [0.05, 0.1) is 5.56 Å². The first-order valence-corrected chi connectivity index (χ1v) is 6.87. The molecule has 1 aromatic rings. The maximum atomic E-state index is 11.1. The summed E-state index contributed by atoms with van der Waals surface area (Å²) in [4.78, 5) is 15.6. The van der Waals surface area contributed by atoms with Crippen molar-refractivity contribution in [2.75, 3.05) is 5.32 Å². The predicted molar refractivity (Wildman–Crippen MR) is 77.8 cm³/mol. The number of aromatic carboxylic acids is 1. The van der Waals surface area contributed by atoms with Gasteiger partial charge in [-0.25, -0.2) is 9.78 Å². The number of anilines is 1. The Bertz CT molecular complexity index is 444. The Kier molecular flexibility index (Phi) is 5.33. The summed E-state index contributed by atoms with van der Waals surface area (Å²) in [5, 5.41) is 12.5. The highest BCUT2D eigenvalue weighted by molar-refractivity contribution is 5.88. The molecule has 4 heteroatoms. The van der Waals surface area contributed by atoms with E-state index in [-0.39, 0.29) is 17.5 Å². The summed E-state index contributed by atoms with van der Waals surface area (Å²) < 4.78 is 0. The molecule has 106 valence electrons. The molecular formula is C15H24N2O2. The summed E-state index contributed by atoms with van der Waals surface area (Å²) in [7, 11) is 0. The van der Waals surface area contributed by atoms with Crippen molar-refractivity contribution in [1.29, 1.82) is 0 Å². The molecule has 0 bridgehead atoms. The second kappa shape index (κ2) is 6.55. The maximum absolute atomic E-state index is 11.1. The highest BCUT2D eigenvalue weighted by Crippen LogP contribution is 2.20. The quantitative estimate of drug-likeness (QED) is 0.821. The number of pyridine rings is 1. The Morgan fingerprint density at radius 3 is 2.42 bits per heavy atom. The van der Waals surface area contributed by atoms with Gasteiger partial charge in [0, 0.05) is 11.7 Å². The lowest BCUT2D eigenvalue weighted by Crippen LogP contribution is -2.24. The van der Waals surface area contributed by atoms with Gasteiger partial charge >= 0.3 is 5.97 Å². The van der Waals surface area contributed by atoms with E-state index in [1.54, 1.807) is 12.1 Å². The summed E-state index contributed by atoms with van der Waals surface area (Å²) in [6.07, 6.45) is 1.07. The van der Waals surface area contributed by atoms with Gasteiger partial charge in [-0.1, -0.05) is 34.1 Å². The van der Waals surface area contributed by atoms with Crippen LogP contribution in [-0.4, -0.2) is 22.1 Å². The predicted octanol–water partition coefficient (Wildman–Crippen LogP) is 3.75. The van der Waals surface area contributed by atoms with Crippen LogP contribution in [0.4, 0.5) is 5.82 Å². The van der Waals surface area contributed by atoms with Gasteiger partial charge in [0.15, 0.2) is 0 Å². The van der Waals surface area contributed by atoms with Crippen molar-refractivity contribution in [3.05, 3.63) is 23.4 Å². The number of rotatable bonds is 6. The van der Waals surface area contributed by atoms with Gasteiger partial charge in [0.2, 0.25) is 0 Å². The first kappa shape index (κ1) is 15.5. The summed E-state index contributed by atoms with van der Waals surface area (Å²) in [6.45, 7) is 10.4. The summed E-state index contributed by atoms with van der Waals surface area (Å²) in [5.41, 5.74) is 1.09. The number of hydrogen-bond acceptors (Lipinski definition) is 3. The van der Waals surface area contributed by atoms with E-state index >= 15 is 0 Å². The summed E-state index contributed by atoms with van der Waals surface area (Å²) >= 11 is 0. The maximum Gasteiger partial charge on any atom is 0.335 e. The lowest BCUT2D eigenvalue weighted by molar-refractivity contribution is 0.0696. The molecule has 0 aliphatic heterocycles. The smallest absolute Gasteiger partial charge is 0.335 e. The second-order valence-electron chi connectivity index (χ2n) is 5.44. The zero-order chi connectivity index (χ0) is 14.6. The number of aromatic nitrogens is 1. The molecule has 2 atom stereocenters. The van der Waals surface area contributed by atoms with Crippen molar-refractivity contribution in [3.63, 3.8) is 0 Å². The molecular weight excluding hydrogens is 240 g/mol. The molecule has 2 N–H and O–H groups in total. The molecule has 0 saturated heterocycles. The van der Waals surface area contributed by atoms with Crippen LogP contribution in [0.5, 0.6) is 0 Å². The third-order valence-corrected chi connectivity index (χ3v) is 3.56. The van der Waals surface area contributed by atoms with Gasteiger partial charge in [-0.05, 0) is 30.9 Å². The molecule has 0 fully saturated rings. The minimum absolute atomic E-state index is 0.207. The minimum Gasteiger partial charge on any atom is -0.478 e. The number of nitrogens with one attached hydrogen (secondary N) is 1. The Labute approximate surface area is 115 Å². The van der Waals surface area contributed by atoms with Gasteiger partial charge in [-0.3, -0.25) is 0 Å². The topological polar surface area (TPSA) is 62.2 Å². The van der Waals surface area contributed by atoms with E-state index in [1.165, 1.54) is 0 Å². The Hall–Kier alpha value is -1.58. The van der Waals surface area contributed by atoms with Gasteiger partial charge in [-0.15, -0.1) is 0 Å². The van der Waals surface area contributed by atoms with Crippen LogP contribution in [-0.2, 0) is 0 Å². The monoisotopic (exact) mass is 264 g/mol. The molecule has 0 saturated carbocycles. The minimum atomic E-state index is -0.913. The summed E-state index contributed by atoms with van der Waals surface area (Å²) in [6, 6.07) is 3.51. The zero-order valence-corrected chi connectivity index (χ0v) is 12.4. The van der Waals surface area contributed by atoms with Crippen LogP contribution in [0.25, 0.3) is 0 Å². The molecule has 0 aliphatic rings. The molecule has 4 nitrogen and oxygen atoms in total. The van der Waals surface area contributed by atoms with Gasteiger partial charge in [0.25, 0.3) is 0 Å². The molecule has 1 aromatic heterocycles. The van der Waals surface area contributed by atoms with E-state index in [9.17, 15) is 4.79 Å². The fraction of sp³-hybridized carbons (Fsp3) is 0.600. The van der Waals surface area contributed by atoms with Crippen LogP contribution in [0.2, 0.25) is 0 Å². The van der Waals surface area contributed by atoms with E-state index in [2.05, 4.69) is 31.1 Å². The Balaban J connectivity index is 3.03. The molecule has 0 amide bonds. The Morgan fingerprint density at radius 2 is 1.95 bits per heavy atom. The van der Waals surface area contributed by atoms with Crippen LogP contribution in [0.3, 0.4) is 0 Å². The number of carbonyl (C=O) groups is 1. The highest BCUT2D eigenvalue weighted by atomic mass is 16.4. The average Bonchev–Trinajstić information content (AvgIpc) is 2.37. The largest absolute Gasteiger partial charge is 0.478 e. The van der Waals surface area contributed by atoms with Crippen LogP contribution in [0.15, 0.2) is 12.1 Å². The third kappa shape index (κ3) is 4.23. The van der Waals surface area contributed by atoms with E-state index in [0.717, 1.165) is 12.1 Å². The molecule has 2 unspecified atom stereocenters. The third-order valence-electron chi connectivity index (χ3n) is 3.56. The number of nitrogens with zero attached hydrogens (tertiary/aromatic N) is 1. The molecule has 0 aliphatic carbocycles. The summed E-state index contributed by atoms with van der Waals surface area (Å²) in [5.74, 6) is 0.455. The normalized spacial score (nSPS) is 14.2. The Morgan fingerprint density at radius 1 is 1.32 bits per heavy atom. The molecule has 0 radical (unpaired) electrons. The van der Waals surface area contributed by atoms with Gasteiger partial charge in [0.1, 0.15) is 5.82 Å². The van der Waals surface area contributed by atoms with Crippen molar-refractivity contribution in [3.8, 4) is 0 Å². The van der Waals surface area contributed by atoms with E-state index in [0.29, 0.717) is 11.7 Å². The van der Waals surface area contributed by atoms with Gasteiger partial charge in [-0.2, -0.15) is 0 Å². The van der Waals surface area contributed by atoms with Crippen molar-refractivity contribution in [2.24, 2.45) is 5.92 Å². The molecule has 19 heavy (non-hydrogen) atoms. The highest BCUT2D eigenvalue weighted by Gasteiger charge is 2.14. The van der Waals surface area contributed by atoms with Crippen LogP contribution < -0.4 is 5.32 Å². The fourth-order valence-corrected chi connectivity index (χ4v) is 1.77. The molecule has 1 rings (SSSR count). The SMILES string of the molecule is CCC(C)C(C)Nc1cc(C(=O)O)cc(C(C)C)n1. The molecule has 0 aromatic carbocycles. The van der Waals surface area contributed by atoms with Crippen LogP contribution in [0.1, 0.15) is 63.0 Å². The van der Waals surface area contributed by atoms with E-state index in [1.807, 2.05) is 13.8 Å². The fourth-order valence-electron chi connectivity index (χ4n) is 1.77. The molecule has 1 heterocycles. The second-order valence-corrected chi connectivity index (χ2v) is 5.44. The van der Waals surface area contributed by atoms with Crippen molar-refractivity contribution < 1.29 is 9.90 Å². The van der Waals surface area contributed by atoms with Crippen molar-refractivity contribution >= 4 is 11.8 Å². The van der Waals surface area contributed by atoms with E-state index < -0.39 is 5.97 Å². The standard InChI is InChI=1S/C15H24N2O2/c1-6-10(4)11(5)16-14-8-12(15(18)19)7-13(17-14)9(2)3/h7-11H,6H2,1-5H3,(H,16,17)(H,18,19). The zero-order valence-electron chi connectivity index (χ0n) is 12.4.